The largest absolute Gasteiger partial charge is 0.389 e. The quantitative estimate of drug-likeness (QED) is 0.794. The molecule has 0 radical (unpaired) electrons. The lowest BCUT2D eigenvalue weighted by Crippen LogP contribution is -2.40. The van der Waals surface area contributed by atoms with Crippen molar-refractivity contribution < 1.29 is 9.90 Å². The molecule has 1 amide bonds. The summed E-state index contributed by atoms with van der Waals surface area (Å²) in [7, 11) is 0. The maximum Gasteiger partial charge on any atom is 0.224 e. The number of hydrogen-bond donors (Lipinski definition) is 3. The molecular formula is C15H23ClN2O2. The van der Waals surface area contributed by atoms with Crippen molar-refractivity contribution in [1.82, 2.24) is 10.6 Å². The molecule has 4 nitrogen and oxygen atoms in total. The standard InChI is InChI=1S/C15H22N2O2.ClH/c1-11(18)13-6-4-12(5-7-13)9-17-15(19)14-3-2-8-16-10-14;/h4-7,11,14,16,18H,2-3,8-10H2,1H3,(H,17,19);1H. The first-order valence-corrected chi connectivity index (χ1v) is 6.92. The fraction of sp³-hybridized carbons (Fsp3) is 0.533. The van der Waals surface area contributed by atoms with Crippen LogP contribution in [0.3, 0.4) is 0 Å². The van der Waals surface area contributed by atoms with Crippen molar-refractivity contribution in [1.29, 1.82) is 0 Å². The molecule has 3 N–H and O–H groups in total. The second-order valence-electron chi connectivity index (χ2n) is 5.18. The van der Waals surface area contributed by atoms with Crippen molar-refractivity contribution in [3.05, 3.63) is 35.4 Å². The molecule has 1 aromatic rings. The monoisotopic (exact) mass is 298 g/mol. The van der Waals surface area contributed by atoms with Gasteiger partial charge in [-0.3, -0.25) is 4.79 Å². The molecule has 1 aliphatic heterocycles. The van der Waals surface area contributed by atoms with Gasteiger partial charge < -0.3 is 15.7 Å². The maximum absolute atomic E-state index is 12.0. The van der Waals surface area contributed by atoms with Crippen LogP contribution in [0.2, 0.25) is 0 Å². The molecule has 2 rings (SSSR count). The lowest BCUT2D eigenvalue weighted by molar-refractivity contribution is -0.125. The Bertz CT molecular complexity index is 414. The molecule has 1 fully saturated rings. The van der Waals surface area contributed by atoms with Gasteiger partial charge in [0, 0.05) is 13.1 Å². The first-order chi connectivity index (χ1) is 9.16. The topological polar surface area (TPSA) is 61.4 Å². The molecular weight excluding hydrogens is 276 g/mol. The normalized spacial score (nSPS) is 19.8. The molecule has 1 aliphatic rings. The number of aliphatic hydroxyl groups excluding tert-OH is 1. The number of carbonyl (C=O) groups is 1. The maximum atomic E-state index is 12.0. The zero-order valence-electron chi connectivity index (χ0n) is 11.8. The van der Waals surface area contributed by atoms with Gasteiger partial charge in [0.25, 0.3) is 0 Å². The molecule has 112 valence electrons. The number of amides is 1. The molecule has 5 heteroatoms. The van der Waals surface area contributed by atoms with Crippen molar-refractivity contribution in [2.24, 2.45) is 5.92 Å². The molecule has 2 atom stereocenters. The third kappa shape index (κ3) is 4.78. The summed E-state index contributed by atoms with van der Waals surface area (Å²) in [6.45, 7) is 4.10. The molecule has 0 aliphatic carbocycles. The van der Waals surface area contributed by atoms with E-state index in [2.05, 4.69) is 10.6 Å². The number of rotatable bonds is 4. The van der Waals surface area contributed by atoms with Crippen LogP contribution in [0.4, 0.5) is 0 Å². The van der Waals surface area contributed by atoms with Gasteiger partial charge >= 0.3 is 0 Å². The number of piperidine rings is 1. The van der Waals surface area contributed by atoms with Crippen molar-refractivity contribution in [2.75, 3.05) is 13.1 Å². The lowest BCUT2D eigenvalue weighted by Gasteiger charge is -2.21. The Morgan fingerprint density at radius 2 is 2.15 bits per heavy atom. The van der Waals surface area contributed by atoms with Crippen LogP contribution in [0, 0.1) is 5.92 Å². The average molecular weight is 299 g/mol. The highest BCUT2D eigenvalue weighted by molar-refractivity contribution is 5.85. The predicted octanol–water partition coefficient (Wildman–Crippen LogP) is 1.78. The second-order valence-corrected chi connectivity index (χ2v) is 5.18. The minimum Gasteiger partial charge on any atom is -0.389 e. The van der Waals surface area contributed by atoms with Gasteiger partial charge in [0.1, 0.15) is 0 Å². The third-order valence-corrected chi connectivity index (χ3v) is 3.60. The summed E-state index contributed by atoms with van der Waals surface area (Å²) in [5, 5.41) is 15.6. The summed E-state index contributed by atoms with van der Waals surface area (Å²) < 4.78 is 0. The van der Waals surface area contributed by atoms with Gasteiger partial charge in [-0.25, -0.2) is 0 Å². The minimum absolute atomic E-state index is 0. The first kappa shape index (κ1) is 17.0. The van der Waals surface area contributed by atoms with Crippen molar-refractivity contribution in [2.45, 2.75) is 32.4 Å². The van der Waals surface area contributed by atoms with Crippen LogP contribution in [-0.4, -0.2) is 24.1 Å². The van der Waals surface area contributed by atoms with Crippen LogP contribution in [0.5, 0.6) is 0 Å². The Labute approximate surface area is 126 Å². The predicted molar refractivity (Wildman–Crippen MR) is 81.8 cm³/mol. The molecule has 1 heterocycles. The average Bonchev–Trinajstić information content (AvgIpc) is 2.46. The lowest BCUT2D eigenvalue weighted by atomic mass is 9.99. The Kier molecular flexibility index (Phi) is 6.99. The highest BCUT2D eigenvalue weighted by Crippen LogP contribution is 2.13. The van der Waals surface area contributed by atoms with Crippen molar-refractivity contribution >= 4 is 18.3 Å². The van der Waals surface area contributed by atoms with Gasteiger partial charge in [0.15, 0.2) is 0 Å². The summed E-state index contributed by atoms with van der Waals surface area (Å²) >= 11 is 0. The van der Waals surface area contributed by atoms with Crippen LogP contribution in [0.15, 0.2) is 24.3 Å². The summed E-state index contributed by atoms with van der Waals surface area (Å²) in [6, 6.07) is 7.69. The smallest absolute Gasteiger partial charge is 0.224 e. The second kappa shape index (κ2) is 8.25. The van der Waals surface area contributed by atoms with E-state index in [1.165, 1.54) is 0 Å². The van der Waals surface area contributed by atoms with E-state index in [0.29, 0.717) is 6.54 Å². The van der Waals surface area contributed by atoms with Gasteiger partial charge in [-0.15, -0.1) is 12.4 Å². The SMILES string of the molecule is CC(O)c1ccc(CNC(=O)C2CCCNC2)cc1.Cl. The number of benzene rings is 1. The molecule has 0 aromatic heterocycles. The molecule has 0 saturated carbocycles. The van der Waals surface area contributed by atoms with E-state index in [1.807, 2.05) is 24.3 Å². The van der Waals surface area contributed by atoms with Gasteiger partial charge in [0.05, 0.1) is 12.0 Å². The fourth-order valence-corrected chi connectivity index (χ4v) is 2.32. The number of nitrogens with one attached hydrogen (secondary N) is 2. The number of carbonyl (C=O) groups excluding carboxylic acids is 1. The zero-order chi connectivity index (χ0) is 13.7. The van der Waals surface area contributed by atoms with Gasteiger partial charge in [-0.1, -0.05) is 24.3 Å². The van der Waals surface area contributed by atoms with Crippen molar-refractivity contribution in [3.63, 3.8) is 0 Å². The van der Waals surface area contributed by atoms with E-state index in [1.54, 1.807) is 6.92 Å². The Balaban J connectivity index is 0.00000200. The fourth-order valence-electron chi connectivity index (χ4n) is 2.32. The summed E-state index contributed by atoms with van der Waals surface area (Å²) in [5.41, 5.74) is 1.95. The van der Waals surface area contributed by atoms with E-state index >= 15 is 0 Å². The van der Waals surface area contributed by atoms with Crippen LogP contribution < -0.4 is 10.6 Å². The summed E-state index contributed by atoms with van der Waals surface area (Å²) in [5.74, 6) is 0.234. The third-order valence-electron chi connectivity index (χ3n) is 3.60. The molecule has 0 bridgehead atoms. The Morgan fingerprint density at radius 1 is 1.45 bits per heavy atom. The highest BCUT2D eigenvalue weighted by atomic mass is 35.5. The van der Waals surface area contributed by atoms with E-state index in [-0.39, 0.29) is 24.2 Å². The zero-order valence-corrected chi connectivity index (χ0v) is 12.6. The van der Waals surface area contributed by atoms with Crippen LogP contribution >= 0.6 is 12.4 Å². The minimum atomic E-state index is -0.447. The number of aliphatic hydroxyl groups is 1. The van der Waals surface area contributed by atoms with Gasteiger partial charge in [-0.2, -0.15) is 0 Å². The Morgan fingerprint density at radius 3 is 2.70 bits per heavy atom. The van der Waals surface area contributed by atoms with E-state index in [0.717, 1.165) is 37.1 Å². The molecule has 2 unspecified atom stereocenters. The molecule has 0 spiro atoms. The van der Waals surface area contributed by atoms with Crippen LogP contribution in [0.1, 0.15) is 37.0 Å². The summed E-state index contributed by atoms with van der Waals surface area (Å²) in [4.78, 5) is 12.0. The van der Waals surface area contributed by atoms with E-state index in [9.17, 15) is 9.90 Å². The van der Waals surface area contributed by atoms with E-state index < -0.39 is 6.10 Å². The summed E-state index contributed by atoms with van der Waals surface area (Å²) in [6.07, 6.45) is 1.60. The van der Waals surface area contributed by atoms with Crippen LogP contribution in [0.25, 0.3) is 0 Å². The first-order valence-electron chi connectivity index (χ1n) is 6.92. The molecule has 20 heavy (non-hydrogen) atoms. The van der Waals surface area contributed by atoms with Crippen LogP contribution in [-0.2, 0) is 11.3 Å². The van der Waals surface area contributed by atoms with Gasteiger partial charge in [-0.05, 0) is 37.4 Å². The van der Waals surface area contributed by atoms with E-state index in [4.69, 9.17) is 0 Å². The Hall–Kier alpha value is -1.10. The van der Waals surface area contributed by atoms with Crippen molar-refractivity contribution in [3.8, 4) is 0 Å². The molecule has 1 saturated heterocycles. The van der Waals surface area contributed by atoms with Gasteiger partial charge in [0.2, 0.25) is 5.91 Å². The number of halogens is 1. The molecule has 1 aromatic carbocycles. The number of hydrogen-bond acceptors (Lipinski definition) is 3. The highest BCUT2D eigenvalue weighted by Gasteiger charge is 2.20.